The van der Waals surface area contributed by atoms with E-state index in [0.29, 0.717) is 0 Å². The summed E-state index contributed by atoms with van der Waals surface area (Å²) >= 11 is 0. The van der Waals surface area contributed by atoms with Gasteiger partial charge in [0.2, 0.25) is 0 Å². The van der Waals surface area contributed by atoms with E-state index < -0.39 is 23.8 Å². The van der Waals surface area contributed by atoms with E-state index in [-0.39, 0.29) is 36.7 Å². The van der Waals surface area contributed by atoms with Crippen molar-refractivity contribution in [2.24, 2.45) is 0 Å². The molecule has 34 heavy (non-hydrogen) atoms. The van der Waals surface area contributed by atoms with Gasteiger partial charge in [-0.1, -0.05) is 48.5 Å². The molecule has 0 saturated carbocycles. The molecule has 0 saturated heterocycles. The summed E-state index contributed by atoms with van der Waals surface area (Å²) in [6.45, 7) is 0.0257. The predicted octanol–water partition coefficient (Wildman–Crippen LogP) is 4.73. The van der Waals surface area contributed by atoms with Crippen molar-refractivity contribution in [3.05, 3.63) is 89.2 Å². The lowest BCUT2D eigenvalue weighted by Gasteiger charge is -2.19. The monoisotopic (exact) mass is 462 g/mol. The number of rotatable bonds is 7. The van der Waals surface area contributed by atoms with Gasteiger partial charge in [-0.05, 0) is 40.5 Å². The van der Waals surface area contributed by atoms with Gasteiger partial charge < -0.3 is 14.7 Å². The van der Waals surface area contributed by atoms with Gasteiger partial charge in [0.15, 0.2) is 0 Å². The molecule has 1 aliphatic carbocycles. The maximum Gasteiger partial charge on any atom is 0.411 e. The van der Waals surface area contributed by atoms with Gasteiger partial charge >= 0.3 is 12.1 Å². The Morgan fingerprint density at radius 1 is 1.00 bits per heavy atom. The molecule has 174 valence electrons. The van der Waals surface area contributed by atoms with Crippen LogP contribution in [0.2, 0.25) is 0 Å². The number of halogens is 1. The maximum absolute atomic E-state index is 13.8. The zero-order valence-electron chi connectivity index (χ0n) is 18.5. The summed E-state index contributed by atoms with van der Waals surface area (Å²) in [6.07, 6.45) is -1.04. The summed E-state index contributed by atoms with van der Waals surface area (Å²) in [5, 5.41) is 11.4. The van der Waals surface area contributed by atoms with Crippen LogP contribution in [0.5, 0.6) is 0 Å². The molecule has 0 unspecified atom stereocenters. The Labute approximate surface area is 195 Å². The fourth-order valence-electron chi connectivity index (χ4n) is 4.12. The number of carboxylic acid groups (broad SMARTS) is 1. The summed E-state index contributed by atoms with van der Waals surface area (Å²) in [5.41, 5.74) is 4.31. The number of hydrogen-bond acceptors (Lipinski definition) is 4. The molecule has 0 aliphatic heterocycles. The first-order chi connectivity index (χ1) is 16.3. The molecule has 0 radical (unpaired) electrons. The number of carboxylic acids is 1. The largest absolute Gasteiger partial charge is 0.481 e. The number of nitrogens with one attached hydrogen (secondary N) is 1. The molecule has 0 fully saturated rings. The van der Waals surface area contributed by atoms with E-state index in [1.165, 1.54) is 13.1 Å². The van der Waals surface area contributed by atoms with Crippen LogP contribution in [0.25, 0.3) is 11.1 Å². The van der Waals surface area contributed by atoms with Crippen molar-refractivity contribution in [1.29, 1.82) is 0 Å². The van der Waals surface area contributed by atoms with Crippen LogP contribution in [0.4, 0.5) is 14.9 Å². The molecule has 3 aromatic rings. The highest BCUT2D eigenvalue weighted by molar-refractivity contribution is 6.02. The summed E-state index contributed by atoms with van der Waals surface area (Å²) in [5.74, 6) is -2.46. The van der Waals surface area contributed by atoms with Crippen molar-refractivity contribution in [2.75, 3.05) is 25.5 Å². The minimum Gasteiger partial charge on any atom is -0.481 e. The Kier molecular flexibility index (Phi) is 6.58. The number of fused-ring (bicyclic) bond motifs is 3. The van der Waals surface area contributed by atoms with Crippen LogP contribution in [0, 0.1) is 5.82 Å². The fourth-order valence-corrected chi connectivity index (χ4v) is 4.12. The Hall–Kier alpha value is -4.20. The number of aliphatic carboxylic acids is 1. The van der Waals surface area contributed by atoms with Crippen LogP contribution in [0.15, 0.2) is 66.7 Å². The molecule has 0 spiro atoms. The molecule has 0 atom stereocenters. The topological polar surface area (TPSA) is 95.9 Å². The van der Waals surface area contributed by atoms with E-state index in [4.69, 9.17) is 9.84 Å². The SMILES string of the molecule is CN(CCC(=O)O)C(=O)c1cc(F)ccc1NC(=O)OCC1c2ccccc2-c2ccccc21. The fraction of sp³-hybridized carbons (Fsp3) is 0.192. The second kappa shape index (κ2) is 9.74. The maximum atomic E-state index is 13.8. The normalized spacial score (nSPS) is 11.9. The number of anilines is 1. The number of ether oxygens (including phenoxy) is 1. The van der Waals surface area contributed by atoms with Crippen LogP contribution < -0.4 is 5.32 Å². The second-order valence-corrected chi connectivity index (χ2v) is 8.01. The summed E-state index contributed by atoms with van der Waals surface area (Å²) in [4.78, 5) is 37.3. The molecule has 0 bridgehead atoms. The van der Waals surface area contributed by atoms with E-state index in [2.05, 4.69) is 5.32 Å². The third kappa shape index (κ3) is 4.76. The first-order valence-corrected chi connectivity index (χ1v) is 10.7. The molecular weight excluding hydrogens is 439 g/mol. The first-order valence-electron chi connectivity index (χ1n) is 10.7. The van der Waals surface area contributed by atoms with Crippen molar-refractivity contribution in [1.82, 2.24) is 4.90 Å². The molecular formula is C26H23FN2O5. The average molecular weight is 462 g/mol. The zero-order valence-corrected chi connectivity index (χ0v) is 18.5. The van der Waals surface area contributed by atoms with Crippen LogP contribution in [-0.4, -0.2) is 48.2 Å². The molecule has 3 aromatic carbocycles. The van der Waals surface area contributed by atoms with Gasteiger partial charge in [0.25, 0.3) is 5.91 Å². The minimum absolute atomic E-state index is 0.0605. The van der Waals surface area contributed by atoms with Crippen LogP contribution in [0.1, 0.15) is 33.8 Å². The predicted molar refractivity (Wildman–Crippen MR) is 124 cm³/mol. The van der Waals surface area contributed by atoms with Gasteiger partial charge in [-0.3, -0.25) is 14.9 Å². The highest BCUT2D eigenvalue weighted by atomic mass is 19.1. The Morgan fingerprint density at radius 3 is 2.24 bits per heavy atom. The highest BCUT2D eigenvalue weighted by Crippen LogP contribution is 2.44. The minimum atomic E-state index is -1.06. The molecule has 4 rings (SSSR count). The number of carbonyl (C=O) groups is 3. The number of benzene rings is 3. The van der Waals surface area contributed by atoms with E-state index in [9.17, 15) is 18.8 Å². The average Bonchev–Trinajstić information content (AvgIpc) is 3.15. The molecule has 2 amide bonds. The number of amides is 2. The van der Waals surface area contributed by atoms with Gasteiger partial charge in [-0.2, -0.15) is 0 Å². The van der Waals surface area contributed by atoms with Crippen LogP contribution in [-0.2, 0) is 9.53 Å². The highest BCUT2D eigenvalue weighted by Gasteiger charge is 2.29. The van der Waals surface area contributed by atoms with Gasteiger partial charge in [0.1, 0.15) is 12.4 Å². The molecule has 0 aromatic heterocycles. The van der Waals surface area contributed by atoms with Crippen LogP contribution in [0.3, 0.4) is 0 Å². The van der Waals surface area contributed by atoms with E-state index in [1.54, 1.807) is 0 Å². The number of nitrogens with zero attached hydrogens (tertiary/aromatic N) is 1. The van der Waals surface area contributed by atoms with Gasteiger partial charge in [0, 0.05) is 19.5 Å². The zero-order chi connectivity index (χ0) is 24.2. The summed E-state index contributed by atoms with van der Waals surface area (Å²) in [7, 11) is 1.41. The standard InChI is InChI=1S/C26H23FN2O5/c1-29(13-12-24(30)31)25(32)21-14-16(27)10-11-23(21)28-26(33)34-15-22-19-8-4-2-6-17(19)18-7-3-5-9-20(18)22/h2-11,14,22H,12-13,15H2,1H3,(H,28,33)(H,30,31). The molecule has 2 N–H and O–H groups in total. The van der Waals surface area contributed by atoms with Gasteiger partial charge in [-0.15, -0.1) is 0 Å². The number of carbonyl (C=O) groups excluding carboxylic acids is 2. The van der Waals surface area contributed by atoms with Crippen molar-refractivity contribution in [3.8, 4) is 11.1 Å². The third-order valence-electron chi connectivity index (χ3n) is 5.80. The summed E-state index contributed by atoms with van der Waals surface area (Å²) < 4.78 is 19.3. The summed E-state index contributed by atoms with van der Waals surface area (Å²) in [6, 6.07) is 19.3. The van der Waals surface area contributed by atoms with Crippen molar-refractivity contribution in [3.63, 3.8) is 0 Å². The van der Waals surface area contributed by atoms with Gasteiger partial charge in [0.05, 0.1) is 17.7 Å². The second-order valence-electron chi connectivity index (χ2n) is 8.01. The van der Waals surface area contributed by atoms with Crippen LogP contribution >= 0.6 is 0 Å². The lowest BCUT2D eigenvalue weighted by atomic mass is 9.98. The van der Waals surface area contributed by atoms with E-state index in [1.807, 2.05) is 48.5 Å². The lowest BCUT2D eigenvalue weighted by Crippen LogP contribution is -2.30. The molecule has 0 heterocycles. The Balaban J connectivity index is 1.47. The third-order valence-corrected chi connectivity index (χ3v) is 5.80. The Morgan fingerprint density at radius 2 is 1.62 bits per heavy atom. The van der Waals surface area contributed by atoms with Crippen molar-refractivity contribution < 1.29 is 28.6 Å². The van der Waals surface area contributed by atoms with E-state index >= 15 is 0 Å². The van der Waals surface area contributed by atoms with Crippen molar-refractivity contribution in [2.45, 2.75) is 12.3 Å². The smallest absolute Gasteiger partial charge is 0.411 e. The molecule has 1 aliphatic rings. The first kappa shape index (κ1) is 23.0. The number of hydrogen-bond donors (Lipinski definition) is 2. The molecule has 7 nitrogen and oxygen atoms in total. The lowest BCUT2D eigenvalue weighted by molar-refractivity contribution is -0.137. The van der Waals surface area contributed by atoms with E-state index in [0.717, 1.165) is 39.3 Å². The van der Waals surface area contributed by atoms with Crippen molar-refractivity contribution >= 4 is 23.7 Å². The quantitative estimate of drug-likeness (QED) is 0.529. The Bertz CT molecular complexity index is 1210. The molecule has 8 heteroatoms. The van der Waals surface area contributed by atoms with Gasteiger partial charge in [-0.25, -0.2) is 9.18 Å².